The summed E-state index contributed by atoms with van der Waals surface area (Å²) in [5, 5.41) is 3.16. The fourth-order valence-electron chi connectivity index (χ4n) is 2.70. The molecular weight excluding hydrogens is 357 g/mol. The van der Waals surface area contributed by atoms with Crippen LogP contribution in [-0.4, -0.2) is 19.5 Å². The molecule has 0 unspecified atom stereocenters. The van der Waals surface area contributed by atoms with Gasteiger partial charge in [-0.1, -0.05) is 30.3 Å². The first-order valence-corrected chi connectivity index (χ1v) is 8.80. The van der Waals surface area contributed by atoms with Crippen molar-refractivity contribution in [3.05, 3.63) is 96.5 Å². The van der Waals surface area contributed by atoms with Crippen LogP contribution < -0.4 is 10.1 Å². The third-order valence-electron chi connectivity index (χ3n) is 4.07. The van der Waals surface area contributed by atoms with Gasteiger partial charge in [0.2, 0.25) is 11.8 Å². The third-order valence-corrected chi connectivity index (χ3v) is 4.07. The number of nitrogens with zero attached hydrogens (tertiary/aromatic N) is 4. The van der Waals surface area contributed by atoms with Gasteiger partial charge in [-0.25, -0.2) is 14.4 Å². The molecule has 7 heteroatoms. The molecule has 0 saturated heterocycles. The smallest absolute Gasteiger partial charge is 0.226 e. The van der Waals surface area contributed by atoms with Crippen molar-refractivity contribution in [3.63, 3.8) is 0 Å². The van der Waals surface area contributed by atoms with Crippen molar-refractivity contribution >= 4 is 5.95 Å². The molecule has 140 valence electrons. The van der Waals surface area contributed by atoms with E-state index in [0.29, 0.717) is 24.1 Å². The van der Waals surface area contributed by atoms with Gasteiger partial charge in [0.05, 0.1) is 6.54 Å². The van der Waals surface area contributed by atoms with Gasteiger partial charge in [-0.2, -0.15) is 4.98 Å². The minimum atomic E-state index is -0.316. The number of hydrogen-bond acceptors (Lipinski definition) is 5. The molecule has 4 rings (SSSR count). The lowest BCUT2D eigenvalue weighted by Gasteiger charge is -2.10. The average molecular weight is 375 g/mol. The predicted octanol–water partition coefficient (Wildman–Crippen LogP) is 4.26. The third kappa shape index (κ3) is 4.50. The summed E-state index contributed by atoms with van der Waals surface area (Å²) in [5.41, 5.74) is 1.20. The molecule has 4 aromatic rings. The zero-order valence-electron chi connectivity index (χ0n) is 15.0. The number of halogens is 1. The van der Waals surface area contributed by atoms with E-state index in [1.54, 1.807) is 30.6 Å². The lowest BCUT2D eigenvalue weighted by molar-refractivity contribution is 0.460. The Balaban J connectivity index is 1.40. The van der Waals surface area contributed by atoms with E-state index in [0.717, 1.165) is 12.4 Å². The molecule has 0 bridgehead atoms. The maximum Gasteiger partial charge on any atom is 0.226 e. The van der Waals surface area contributed by atoms with E-state index in [1.807, 2.05) is 24.4 Å². The molecule has 0 aliphatic carbocycles. The highest BCUT2D eigenvalue weighted by Gasteiger charge is 2.06. The van der Waals surface area contributed by atoms with Crippen LogP contribution in [0.5, 0.6) is 11.6 Å². The Bertz CT molecular complexity index is 1030. The van der Waals surface area contributed by atoms with Gasteiger partial charge in [0.25, 0.3) is 0 Å². The summed E-state index contributed by atoms with van der Waals surface area (Å²) in [6, 6.07) is 17.6. The predicted molar refractivity (Wildman–Crippen MR) is 104 cm³/mol. The molecule has 1 N–H and O–H groups in total. The second kappa shape index (κ2) is 8.30. The summed E-state index contributed by atoms with van der Waals surface area (Å²) in [7, 11) is 0. The van der Waals surface area contributed by atoms with Crippen LogP contribution in [0.3, 0.4) is 0 Å². The van der Waals surface area contributed by atoms with Gasteiger partial charge in [0, 0.05) is 31.2 Å². The molecule has 0 atom stereocenters. The summed E-state index contributed by atoms with van der Waals surface area (Å²) in [4.78, 5) is 12.9. The molecule has 2 aromatic heterocycles. The van der Waals surface area contributed by atoms with E-state index in [-0.39, 0.29) is 5.82 Å². The lowest BCUT2D eigenvalue weighted by Crippen LogP contribution is -2.11. The van der Waals surface area contributed by atoms with Crippen LogP contribution in [0.1, 0.15) is 11.4 Å². The molecule has 2 heterocycles. The van der Waals surface area contributed by atoms with E-state index in [1.165, 1.54) is 17.7 Å². The first kappa shape index (κ1) is 17.7. The van der Waals surface area contributed by atoms with Crippen LogP contribution in [0, 0.1) is 5.82 Å². The number of benzene rings is 2. The van der Waals surface area contributed by atoms with Crippen molar-refractivity contribution in [2.45, 2.75) is 13.1 Å². The van der Waals surface area contributed by atoms with Crippen molar-refractivity contribution in [2.24, 2.45) is 0 Å². The summed E-state index contributed by atoms with van der Waals surface area (Å²) >= 11 is 0. The van der Waals surface area contributed by atoms with Crippen LogP contribution in [-0.2, 0) is 13.1 Å². The number of anilines is 1. The van der Waals surface area contributed by atoms with Gasteiger partial charge >= 0.3 is 0 Å². The van der Waals surface area contributed by atoms with Crippen LogP contribution in [0.2, 0.25) is 0 Å². The van der Waals surface area contributed by atoms with Crippen molar-refractivity contribution in [3.8, 4) is 11.6 Å². The SMILES string of the molecule is Fc1ccc(Oc2ccnc(NCc3nccn3Cc3ccccc3)n2)cc1. The summed E-state index contributed by atoms with van der Waals surface area (Å²) in [5.74, 6) is 1.86. The van der Waals surface area contributed by atoms with Crippen LogP contribution >= 0.6 is 0 Å². The number of rotatable bonds is 7. The Kier molecular flexibility index (Phi) is 5.24. The zero-order chi connectivity index (χ0) is 19.2. The molecule has 0 amide bonds. The van der Waals surface area contributed by atoms with Gasteiger partial charge in [-0.05, 0) is 29.8 Å². The molecule has 0 radical (unpaired) electrons. The van der Waals surface area contributed by atoms with Crippen LogP contribution in [0.15, 0.2) is 79.3 Å². The Morgan fingerprint density at radius 1 is 0.929 bits per heavy atom. The molecule has 0 aliphatic heterocycles. The van der Waals surface area contributed by atoms with Crippen molar-refractivity contribution in [1.82, 2.24) is 19.5 Å². The molecular formula is C21H18FN5O. The molecule has 0 spiro atoms. The monoisotopic (exact) mass is 375 g/mol. The van der Waals surface area contributed by atoms with E-state index < -0.39 is 0 Å². The summed E-state index contributed by atoms with van der Waals surface area (Å²) in [6.07, 6.45) is 5.32. The van der Waals surface area contributed by atoms with E-state index in [2.05, 4.69) is 37.0 Å². The Hall–Kier alpha value is -3.74. The first-order chi connectivity index (χ1) is 13.8. The van der Waals surface area contributed by atoms with Crippen molar-refractivity contribution in [1.29, 1.82) is 0 Å². The van der Waals surface area contributed by atoms with Gasteiger partial charge in [-0.3, -0.25) is 0 Å². The first-order valence-electron chi connectivity index (χ1n) is 8.80. The Morgan fingerprint density at radius 3 is 2.57 bits per heavy atom. The molecule has 0 fully saturated rings. The van der Waals surface area contributed by atoms with Gasteiger partial charge in [0.1, 0.15) is 17.4 Å². The number of ether oxygens (including phenoxy) is 1. The number of hydrogen-bond donors (Lipinski definition) is 1. The fraction of sp³-hybridized carbons (Fsp3) is 0.0952. The van der Waals surface area contributed by atoms with E-state index in [4.69, 9.17) is 4.74 Å². The van der Waals surface area contributed by atoms with Crippen molar-refractivity contribution in [2.75, 3.05) is 5.32 Å². The largest absolute Gasteiger partial charge is 0.439 e. The quantitative estimate of drug-likeness (QED) is 0.523. The minimum absolute atomic E-state index is 0.316. The molecule has 28 heavy (non-hydrogen) atoms. The van der Waals surface area contributed by atoms with Crippen LogP contribution in [0.4, 0.5) is 10.3 Å². The van der Waals surface area contributed by atoms with Gasteiger partial charge in [-0.15, -0.1) is 0 Å². The topological polar surface area (TPSA) is 64.9 Å². The van der Waals surface area contributed by atoms with Gasteiger partial charge < -0.3 is 14.6 Å². The second-order valence-corrected chi connectivity index (χ2v) is 6.08. The zero-order valence-corrected chi connectivity index (χ0v) is 15.0. The minimum Gasteiger partial charge on any atom is -0.439 e. The molecule has 0 saturated carbocycles. The summed E-state index contributed by atoms with van der Waals surface area (Å²) < 4.78 is 20.7. The lowest BCUT2D eigenvalue weighted by atomic mass is 10.2. The highest BCUT2D eigenvalue weighted by Crippen LogP contribution is 2.20. The molecule has 0 aliphatic rings. The number of aromatic nitrogens is 4. The number of imidazole rings is 1. The average Bonchev–Trinajstić information content (AvgIpc) is 3.16. The Morgan fingerprint density at radius 2 is 1.75 bits per heavy atom. The normalized spacial score (nSPS) is 10.6. The van der Waals surface area contributed by atoms with E-state index in [9.17, 15) is 4.39 Å². The molecule has 6 nitrogen and oxygen atoms in total. The van der Waals surface area contributed by atoms with E-state index >= 15 is 0 Å². The fourth-order valence-corrected chi connectivity index (χ4v) is 2.70. The van der Waals surface area contributed by atoms with Crippen LogP contribution in [0.25, 0.3) is 0 Å². The highest BCUT2D eigenvalue weighted by molar-refractivity contribution is 5.32. The van der Waals surface area contributed by atoms with Crippen molar-refractivity contribution < 1.29 is 9.13 Å². The maximum atomic E-state index is 13.0. The summed E-state index contributed by atoms with van der Waals surface area (Å²) in [6.45, 7) is 1.21. The number of nitrogens with one attached hydrogen (secondary N) is 1. The standard InChI is InChI=1S/C21H18FN5O/c22-17-6-8-18(9-7-17)28-20-10-11-24-21(26-20)25-14-19-23-12-13-27(19)15-16-4-2-1-3-5-16/h1-13H,14-15H2,(H,24,25,26). The Labute approximate surface area is 161 Å². The molecule has 2 aromatic carbocycles. The second-order valence-electron chi connectivity index (χ2n) is 6.08. The van der Waals surface area contributed by atoms with Gasteiger partial charge in [0.15, 0.2) is 0 Å². The highest BCUT2D eigenvalue weighted by atomic mass is 19.1. The maximum absolute atomic E-state index is 13.0.